The van der Waals surface area contributed by atoms with Crippen molar-refractivity contribution >= 4 is 17.3 Å². The zero-order valence-corrected chi connectivity index (χ0v) is 10.8. The van der Waals surface area contributed by atoms with Crippen LogP contribution in [0.3, 0.4) is 0 Å². The van der Waals surface area contributed by atoms with E-state index in [-0.39, 0.29) is 0 Å². The van der Waals surface area contributed by atoms with E-state index in [4.69, 9.17) is 11.6 Å². The minimum absolute atomic E-state index is 0.490. The predicted octanol–water partition coefficient (Wildman–Crippen LogP) is 3.48. The van der Waals surface area contributed by atoms with Crippen molar-refractivity contribution in [3.8, 4) is 0 Å². The monoisotopic (exact) mass is 248 g/mol. The molecule has 1 heterocycles. The van der Waals surface area contributed by atoms with Crippen LogP contribution >= 0.6 is 11.6 Å². The lowest BCUT2D eigenvalue weighted by Gasteiger charge is -2.23. The Morgan fingerprint density at radius 3 is 3.00 bits per heavy atom. The van der Waals surface area contributed by atoms with E-state index in [0.717, 1.165) is 17.3 Å². The molecule has 1 N–H and O–H groups in total. The number of pyridine rings is 1. The molecule has 0 spiro atoms. The second-order valence-corrected chi connectivity index (χ2v) is 5.90. The van der Waals surface area contributed by atoms with Crippen LogP contribution in [0.25, 0.3) is 5.70 Å². The average molecular weight is 249 g/mol. The van der Waals surface area contributed by atoms with Gasteiger partial charge in [0.15, 0.2) is 0 Å². The second kappa shape index (κ2) is 3.74. The summed E-state index contributed by atoms with van der Waals surface area (Å²) in [7, 11) is 0. The highest BCUT2D eigenvalue weighted by Crippen LogP contribution is 2.63. The highest BCUT2D eigenvalue weighted by Gasteiger charge is 2.59. The molecule has 2 aliphatic rings. The van der Waals surface area contributed by atoms with E-state index < -0.39 is 0 Å². The smallest absolute Gasteiger partial charge is 0.104 e. The fourth-order valence-corrected chi connectivity index (χ4v) is 3.39. The lowest BCUT2D eigenvalue weighted by molar-refractivity contribution is 0.418. The Hall–Kier alpha value is -1.02. The number of nitrogens with zero attached hydrogens (tertiary/aromatic N) is 1. The van der Waals surface area contributed by atoms with Gasteiger partial charge in [-0.1, -0.05) is 25.1 Å². The minimum Gasteiger partial charge on any atom is -0.380 e. The van der Waals surface area contributed by atoms with Crippen LogP contribution in [0.15, 0.2) is 24.9 Å². The van der Waals surface area contributed by atoms with Crippen molar-refractivity contribution in [3.05, 3.63) is 35.6 Å². The molecule has 3 rings (SSSR count). The fourth-order valence-electron chi connectivity index (χ4n) is 3.15. The Bertz CT molecular complexity index is 469. The highest BCUT2D eigenvalue weighted by atomic mass is 35.5. The average Bonchev–Trinajstić information content (AvgIpc) is 2.88. The lowest BCUT2D eigenvalue weighted by Crippen LogP contribution is -2.32. The van der Waals surface area contributed by atoms with Crippen LogP contribution in [0.2, 0.25) is 5.02 Å². The molecule has 1 aromatic heterocycles. The predicted molar refractivity (Wildman–Crippen MR) is 70.7 cm³/mol. The molecule has 17 heavy (non-hydrogen) atoms. The standard InChI is InChI=1S/C14H17ClN2/c1-9(13-11(15)4-3-7-16-13)17-12-6-5-10-8-14(10,12)2/h3-4,7,10,12,17H,1,5-6,8H2,2H3. The van der Waals surface area contributed by atoms with Crippen LogP contribution in [-0.2, 0) is 0 Å². The van der Waals surface area contributed by atoms with Gasteiger partial charge in [-0.3, -0.25) is 4.98 Å². The molecular weight excluding hydrogens is 232 g/mol. The third kappa shape index (κ3) is 1.75. The molecular formula is C14H17ClN2. The first-order chi connectivity index (χ1) is 8.11. The molecule has 0 saturated heterocycles. The summed E-state index contributed by atoms with van der Waals surface area (Å²) in [5.74, 6) is 0.923. The van der Waals surface area contributed by atoms with Crippen molar-refractivity contribution < 1.29 is 0 Å². The largest absolute Gasteiger partial charge is 0.380 e. The van der Waals surface area contributed by atoms with Crippen molar-refractivity contribution in [2.45, 2.75) is 32.2 Å². The normalized spacial score (nSPS) is 34.2. The van der Waals surface area contributed by atoms with Gasteiger partial charge in [0, 0.05) is 12.2 Å². The fraction of sp³-hybridized carbons (Fsp3) is 0.500. The molecule has 0 amide bonds. The number of fused-ring (bicyclic) bond motifs is 1. The van der Waals surface area contributed by atoms with Crippen molar-refractivity contribution in [2.75, 3.05) is 0 Å². The van der Waals surface area contributed by atoms with Gasteiger partial charge in [0.1, 0.15) is 5.69 Å². The summed E-state index contributed by atoms with van der Waals surface area (Å²) in [5.41, 5.74) is 2.13. The van der Waals surface area contributed by atoms with Gasteiger partial charge in [-0.05, 0) is 42.7 Å². The minimum atomic E-state index is 0.490. The number of hydrogen-bond acceptors (Lipinski definition) is 2. The molecule has 2 aliphatic carbocycles. The summed E-state index contributed by atoms with van der Waals surface area (Å²) < 4.78 is 0. The molecule has 0 bridgehead atoms. The van der Waals surface area contributed by atoms with Crippen LogP contribution in [0, 0.1) is 11.3 Å². The van der Waals surface area contributed by atoms with Crippen molar-refractivity contribution in [3.63, 3.8) is 0 Å². The topological polar surface area (TPSA) is 24.9 Å². The van der Waals surface area contributed by atoms with Crippen LogP contribution in [0.1, 0.15) is 31.9 Å². The third-order valence-corrected chi connectivity index (χ3v) is 4.76. The van der Waals surface area contributed by atoms with Crippen LogP contribution in [0.5, 0.6) is 0 Å². The highest BCUT2D eigenvalue weighted by molar-refractivity contribution is 6.32. The van der Waals surface area contributed by atoms with E-state index in [1.165, 1.54) is 19.3 Å². The Morgan fingerprint density at radius 2 is 2.41 bits per heavy atom. The first-order valence-corrected chi connectivity index (χ1v) is 6.55. The maximum absolute atomic E-state index is 6.12. The summed E-state index contributed by atoms with van der Waals surface area (Å²) in [6, 6.07) is 4.23. The van der Waals surface area contributed by atoms with Gasteiger partial charge in [-0.2, -0.15) is 0 Å². The van der Waals surface area contributed by atoms with E-state index in [1.54, 1.807) is 6.20 Å². The van der Waals surface area contributed by atoms with Crippen LogP contribution in [-0.4, -0.2) is 11.0 Å². The SMILES string of the molecule is C=C(NC1CCC2CC21C)c1ncccc1Cl. The zero-order valence-electron chi connectivity index (χ0n) is 10.0. The number of halogens is 1. The Morgan fingerprint density at radius 1 is 1.59 bits per heavy atom. The van der Waals surface area contributed by atoms with Gasteiger partial charge in [0.05, 0.1) is 10.7 Å². The van der Waals surface area contributed by atoms with E-state index >= 15 is 0 Å². The van der Waals surface area contributed by atoms with Crippen molar-refractivity contribution in [2.24, 2.45) is 11.3 Å². The maximum atomic E-state index is 6.12. The van der Waals surface area contributed by atoms with Crippen molar-refractivity contribution in [1.29, 1.82) is 0 Å². The Kier molecular flexibility index (Phi) is 2.44. The first kappa shape index (κ1) is 11.1. The second-order valence-electron chi connectivity index (χ2n) is 5.49. The molecule has 3 unspecified atom stereocenters. The molecule has 2 saturated carbocycles. The van der Waals surface area contributed by atoms with E-state index in [1.807, 2.05) is 12.1 Å². The van der Waals surface area contributed by atoms with Crippen LogP contribution in [0.4, 0.5) is 0 Å². The number of hydrogen-bond donors (Lipinski definition) is 1. The molecule has 90 valence electrons. The summed E-state index contributed by atoms with van der Waals surface area (Å²) in [4.78, 5) is 4.29. The summed E-state index contributed by atoms with van der Waals surface area (Å²) >= 11 is 6.12. The van der Waals surface area contributed by atoms with Crippen LogP contribution < -0.4 is 5.32 Å². The van der Waals surface area contributed by atoms with E-state index in [0.29, 0.717) is 16.5 Å². The van der Waals surface area contributed by atoms with Gasteiger partial charge >= 0.3 is 0 Å². The molecule has 3 heteroatoms. The van der Waals surface area contributed by atoms with Gasteiger partial charge < -0.3 is 5.32 Å². The molecule has 0 radical (unpaired) electrons. The number of aromatic nitrogens is 1. The Balaban J connectivity index is 1.74. The summed E-state index contributed by atoms with van der Waals surface area (Å²) in [6.07, 6.45) is 5.69. The maximum Gasteiger partial charge on any atom is 0.104 e. The van der Waals surface area contributed by atoms with Gasteiger partial charge in [0.25, 0.3) is 0 Å². The third-order valence-electron chi connectivity index (χ3n) is 4.45. The summed E-state index contributed by atoms with van der Waals surface area (Å²) in [6.45, 7) is 6.45. The van der Waals surface area contributed by atoms with Gasteiger partial charge in [-0.25, -0.2) is 0 Å². The molecule has 0 aliphatic heterocycles. The van der Waals surface area contributed by atoms with Gasteiger partial charge in [-0.15, -0.1) is 0 Å². The molecule has 2 nitrogen and oxygen atoms in total. The molecule has 1 aromatic rings. The first-order valence-electron chi connectivity index (χ1n) is 6.17. The van der Waals surface area contributed by atoms with Gasteiger partial charge in [0.2, 0.25) is 0 Å². The van der Waals surface area contributed by atoms with Crippen molar-refractivity contribution in [1.82, 2.24) is 10.3 Å². The molecule has 2 fully saturated rings. The number of rotatable bonds is 3. The lowest BCUT2D eigenvalue weighted by atomic mass is 10.00. The molecule has 3 atom stereocenters. The van der Waals surface area contributed by atoms with E-state index in [9.17, 15) is 0 Å². The quantitative estimate of drug-likeness (QED) is 0.886. The molecule has 0 aromatic carbocycles. The zero-order chi connectivity index (χ0) is 12.0. The Labute approximate surface area is 107 Å². The number of nitrogens with one attached hydrogen (secondary N) is 1. The summed E-state index contributed by atoms with van der Waals surface area (Å²) in [5, 5.41) is 4.19. The van der Waals surface area contributed by atoms with E-state index in [2.05, 4.69) is 23.8 Å².